The van der Waals surface area contributed by atoms with Crippen molar-refractivity contribution in [3.63, 3.8) is 0 Å². The molecule has 0 saturated heterocycles. The van der Waals surface area contributed by atoms with E-state index in [-0.39, 0.29) is 24.8 Å². The van der Waals surface area contributed by atoms with Crippen LogP contribution in [-0.2, 0) is 9.59 Å². The van der Waals surface area contributed by atoms with Gasteiger partial charge in [0.25, 0.3) is 0 Å². The fourth-order valence-corrected chi connectivity index (χ4v) is 1.06. The van der Waals surface area contributed by atoms with Gasteiger partial charge in [0.15, 0.2) is 0 Å². The van der Waals surface area contributed by atoms with Crippen molar-refractivity contribution in [2.24, 2.45) is 0 Å². The van der Waals surface area contributed by atoms with Gasteiger partial charge in [-0.25, -0.2) is 20.4 Å². The highest BCUT2D eigenvalue weighted by molar-refractivity contribution is 5.85. The van der Waals surface area contributed by atoms with Gasteiger partial charge in [0.1, 0.15) is 0 Å². The number of hydrogen-bond donors (Lipinski definition) is 2. The Morgan fingerprint density at radius 1 is 0.643 bits per heavy atom. The van der Waals surface area contributed by atoms with E-state index in [1.54, 1.807) is 0 Å². The van der Waals surface area contributed by atoms with E-state index >= 15 is 0 Å². The molecule has 4 nitrogen and oxygen atoms in total. The maximum Gasteiger partial charge on any atom is 0.231 e. The summed E-state index contributed by atoms with van der Waals surface area (Å²) in [7, 11) is 0. The van der Waals surface area contributed by atoms with Gasteiger partial charge in [0.2, 0.25) is 12.2 Å². The molecule has 2 N–H and O–H groups in total. The number of hydrogen-bond acceptors (Lipinski definition) is 4. The minimum Gasteiger partial charge on any atom is -0.222 e. The largest absolute Gasteiger partial charge is 0.231 e. The summed E-state index contributed by atoms with van der Waals surface area (Å²) in [4.78, 5) is 16.7. The summed E-state index contributed by atoms with van der Waals surface area (Å²) in [6, 6.07) is 0. The number of isocyanates is 2. The predicted molar refractivity (Wildman–Crippen MR) is 59.0 cm³/mol. The third kappa shape index (κ3) is 42.5. The minimum absolute atomic E-state index is 0. The molecule has 14 heavy (non-hydrogen) atoms. The summed E-state index contributed by atoms with van der Waals surface area (Å²) in [5, 5.41) is 10.8. The summed E-state index contributed by atoms with van der Waals surface area (Å²) in [6.45, 7) is 0. The molecule has 0 bridgehead atoms. The zero-order valence-corrected chi connectivity index (χ0v) is 9.51. The molecular weight excluding hydrogens is 227 g/mol. The Balaban J connectivity index is -0.0000000557. The minimum atomic E-state index is 0. The maximum atomic E-state index is 8.35. The topological polar surface area (TPSA) is 81.8 Å². The second kappa shape index (κ2) is 29.5. The summed E-state index contributed by atoms with van der Waals surface area (Å²) in [5.41, 5.74) is 0. The van der Waals surface area contributed by atoms with Gasteiger partial charge in [-0.15, -0.1) is 24.8 Å². The van der Waals surface area contributed by atoms with E-state index in [2.05, 4.69) is 0 Å². The zero-order valence-electron chi connectivity index (χ0n) is 7.88. The molecule has 1 aliphatic carbocycles. The predicted octanol–water partition coefficient (Wildman–Crippen LogP) is 2.99. The highest BCUT2D eigenvalue weighted by Gasteiger charge is 1.95. The van der Waals surface area contributed by atoms with Crippen LogP contribution >= 0.6 is 24.8 Å². The van der Waals surface area contributed by atoms with Crippen LogP contribution in [0.3, 0.4) is 0 Å². The second-order valence-electron chi connectivity index (χ2n) is 2.33. The SMILES string of the molecule is C1CCCCC1.Cl.Cl.N=C=O.N=C=O. The first kappa shape index (κ1) is 23.3. The first-order valence-electron chi connectivity index (χ1n) is 3.91. The Bertz CT molecular complexity index is 126. The van der Waals surface area contributed by atoms with Crippen molar-refractivity contribution in [1.29, 1.82) is 10.8 Å². The molecule has 1 rings (SSSR count). The summed E-state index contributed by atoms with van der Waals surface area (Å²) in [6.07, 6.45) is 10.5. The molecule has 84 valence electrons. The summed E-state index contributed by atoms with van der Waals surface area (Å²) < 4.78 is 0. The molecule has 0 heterocycles. The number of halogens is 2. The van der Waals surface area contributed by atoms with Crippen LogP contribution in [0.4, 0.5) is 0 Å². The van der Waals surface area contributed by atoms with Crippen molar-refractivity contribution in [2.75, 3.05) is 0 Å². The molecule has 0 aromatic rings. The highest BCUT2D eigenvalue weighted by Crippen LogP contribution is 2.15. The monoisotopic (exact) mass is 242 g/mol. The van der Waals surface area contributed by atoms with Crippen molar-refractivity contribution in [3.8, 4) is 0 Å². The van der Waals surface area contributed by atoms with Crippen molar-refractivity contribution in [3.05, 3.63) is 0 Å². The Morgan fingerprint density at radius 2 is 0.714 bits per heavy atom. The Morgan fingerprint density at radius 3 is 0.786 bits per heavy atom. The molecule has 0 aromatic heterocycles. The van der Waals surface area contributed by atoms with Gasteiger partial charge in [0.05, 0.1) is 0 Å². The van der Waals surface area contributed by atoms with Gasteiger partial charge in [-0.3, -0.25) is 0 Å². The summed E-state index contributed by atoms with van der Waals surface area (Å²) in [5.74, 6) is 0. The molecule has 6 heteroatoms. The van der Waals surface area contributed by atoms with Crippen LogP contribution in [0.25, 0.3) is 0 Å². The van der Waals surface area contributed by atoms with Crippen molar-refractivity contribution >= 4 is 37.0 Å². The normalized spacial score (nSPS) is 11.4. The van der Waals surface area contributed by atoms with Crippen LogP contribution < -0.4 is 0 Å². The van der Waals surface area contributed by atoms with E-state index in [0.717, 1.165) is 12.2 Å². The molecule has 1 aliphatic rings. The Labute approximate surface area is 96.3 Å². The number of carbonyl (C=O) groups excluding carboxylic acids is 2. The molecule has 0 atom stereocenters. The van der Waals surface area contributed by atoms with Gasteiger partial charge in [-0.2, -0.15) is 0 Å². The summed E-state index contributed by atoms with van der Waals surface area (Å²) >= 11 is 0. The smallest absolute Gasteiger partial charge is 0.222 e. The van der Waals surface area contributed by atoms with E-state index in [4.69, 9.17) is 20.4 Å². The maximum absolute atomic E-state index is 8.35. The average molecular weight is 243 g/mol. The lowest BCUT2D eigenvalue weighted by atomic mass is 10.0. The zero-order chi connectivity index (χ0) is 9.66. The van der Waals surface area contributed by atoms with Gasteiger partial charge >= 0.3 is 0 Å². The van der Waals surface area contributed by atoms with Gasteiger partial charge < -0.3 is 0 Å². The Kier molecular flexibility index (Phi) is 49.0. The number of rotatable bonds is 0. The number of nitrogens with one attached hydrogen (secondary N) is 2. The third-order valence-electron chi connectivity index (χ3n) is 1.50. The van der Waals surface area contributed by atoms with Crippen LogP contribution in [0.5, 0.6) is 0 Å². The molecule has 0 spiro atoms. The molecule has 1 saturated carbocycles. The van der Waals surface area contributed by atoms with Crippen LogP contribution in [0.15, 0.2) is 0 Å². The van der Waals surface area contributed by atoms with Crippen LogP contribution in [-0.4, -0.2) is 12.2 Å². The van der Waals surface area contributed by atoms with E-state index in [0.29, 0.717) is 0 Å². The van der Waals surface area contributed by atoms with Gasteiger partial charge in [-0.1, -0.05) is 38.5 Å². The molecule has 0 aromatic carbocycles. The van der Waals surface area contributed by atoms with Gasteiger partial charge in [-0.05, 0) is 0 Å². The van der Waals surface area contributed by atoms with Crippen molar-refractivity contribution < 1.29 is 9.59 Å². The highest BCUT2D eigenvalue weighted by atomic mass is 35.5. The average Bonchev–Trinajstić information content (AvgIpc) is 2.10. The van der Waals surface area contributed by atoms with Crippen molar-refractivity contribution in [2.45, 2.75) is 38.5 Å². The van der Waals surface area contributed by atoms with E-state index in [9.17, 15) is 0 Å². The van der Waals surface area contributed by atoms with Crippen molar-refractivity contribution in [1.82, 2.24) is 0 Å². The molecule has 0 amide bonds. The first-order valence-corrected chi connectivity index (χ1v) is 3.91. The van der Waals surface area contributed by atoms with E-state index in [1.807, 2.05) is 0 Å². The molecule has 1 fully saturated rings. The lowest BCUT2D eigenvalue weighted by molar-refractivity contribution is 0.504. The van der Waals surface area contributed by atoms with E-state index in [1.165, 1.54) is 38.5 Å². The lowest BCUT2D eigenvalue weighted by Crippen LogP contribution is -1.85. The lowest BCUT2D eigenvalue weighted by Gasteiger charge is -2.05. The van der Waals surface area contributed by atoms with Crippen LogP contribution in [0, 0.1) is 10.8 Å². The molecule has 0 unspecified atom stereocenters. The standard InChI is InChI=1S/C6H12.2CHNO.2ClH/c1-2-4-6-5-3-1;2*2-1-3;;/h1-6H2;2*2H;2*1H. The second-order valence-corrected chi connectivity index (χ2v) is 2.33. The fourth-order valence-electron chi connectivity index (χ4n) is 1.06. The molecule has 0 radical (unpaired) electrons. The quantitative estimate of drug-likeness (QED) is 0.506. The third-order valence-corrected chi connectivity index (χ3v) is 1.50. The van der Waals surface area contributed by atoms with Gasteiger partial charge in [0, 0.05) is 0 Å². The van der Waals surface area contributed by atoms with Crippen LogP contribution in [0.2, 0.25) is 0 Å². The molecular formula is C8H16Cl2N2O2. The Hall–Kier alpha value is -0.660. The molecule has 0 aliphatic heterocycles. The first-order chi connectivity index (χ1) is 5.83. The fraction of sp³-hybridized carbons (Fsp3) is 0.750. The van der Waals surface area contributed by atoms with E-state index < -0.39 is 0 Å². The van der Waals surface area contributed by atoms with Crippen LogP contribution in [0.1, 0.15) is 38.5 Å².